The van der Waals surface area contributed by atoms with Crippen LogP contribution in [0.5, 0.6) is 0 Å². The molecule has 0 fully saturated rings. The molecule has 0 atom stereocenters. The van der Waals surface area contributed by atoms with Gasteiger partial charge in [0.2, 0.25) is 0 Å². The first-order chi connectivity index (χ1) is 9.88. The van der Waals surface area contributed by atoms with Gasteiger partial charge >= 0.3 is 0 Å². The Bertz CT molecular complexity index is 769. The van der Waals surface area contributed by atoms with Crippen LogP contribution in [-0.4, -0.2) is 14.6 Å². The third-order valence-electron chi connectivity index (χ3n) is 2.86. The fourth-order valence-corrected chi connectivity index (χ4v) is 3.06. The average Bonchev–Trinajstić information content (AvgIpc) is 2.41. The lowest BCUT2D eigenvalue weighted by atomic mass is 10.2. The number of nitrogens with one attached hydrogen (secondary N) is 1. The first-order valence-electron chi connectivity index (χ1n) is 6.26. The molecule has 2 rings (SSSR count). The monoisotopic (exact) mass is 366 g/mol. The van der Waals surface area contributed by atoms with Crippen molar-refractivity contribution in [3.8, 4) is 0 Å². The van der Waals surface area contributed by atoms with Crippen molar-refractivity contribution >= 4 is 32.2 Å². The van der Waals surface area contributed by atoms with E-state index >= 15 is 0 Å². The van der Waals surface area contributed by atoms with E-state index < -0.39 is 10.0 Å². The zero-order chi connectivity index (χ0) is 15.5. The zero-order valence-corrected chi connectivity index (χ0v) is 14.1. The third kappa shape index (κ3) is 4.15. The second-order valence-corrected chi connectivity index (χ2v) is 7.21. The molecule has 1 N–H and O–H groups in total. The Morgan fingerprint density at radius 1 is 1.05 bits per heavy atom. The quantitative estimate of drug-likeness (QED) is 0.665. The van der Waals surface area contributed by atoms with Crippen molar-refractivity contribution in [1.29, 1.82) is 0 Å². The molecular formula is C15H15BrN2O2S. The number of sulfonamides is 1. The van der Waals surface area contributed by atoms with Crippen LogP contribution in [-0.2, 0) is 10.0 Å². The van der Waals surface area contributed by atoms with Gasteiger partial charge in [0.1, 0.15) is 0 Å². The summed E-state index contributed by atoms with van der Waals surface area (Å²) in [5.41, 5.74) is 2.91. The lowest BCUT2D eigenvalue weighted by Gasteiger charge is -2.04. The van der Waals surface area contributed by atoms with Crippen LogP contribution in [0.2, 0.25) is 0 Å². The number of aryl methyl sites for hydroxylation is 2. The lowest BCUT2D eigenvalue weighted by molar-refractivity contribution is 0.584. The molecule has 0 aliphatic rings. The fraction of sp³-hybridized carbons (Fsp3) is 0.133. The van der Waals surface area contributed by atoms with Gasteiger partial charge in [-0.3, -0.25) is 0 Å². The van der Waals surface area contributed by atoms with Crippen molar-refractivity contribution in [3.63, 3.8) is 0 Å². The highest BCUT2D eigenvalue weighted by atomic mass is 79.9. The molecule has 0 amide bonds. The van der Waals surface area contributed by atoms with E-state index in [1.165, 1.54) is 6.21 Å². The molecule has 21 heavy (non-hydrogen) atoms. The van der Waals surface area contributed by atoms with Gasteiger partial charge in [-0.2, -0.15) is 13.5 Å². The smallest absolute Gasteiger partial charge is 0.200 e. The molecule has 6 heteroatoms. The van der Waals surface area contributed by atoms with Crippen molar-refractivity contribution in [2.24, 2.45) is 5.10 Å². The lowest BCUT2D eigenvalue weighted by Crippen LogP contribution is -2.18. The molecule has 4 nitrogen and oxygen atoms in total. The summed E-state index contributed by atoms with van der Waals surface area (Å²) in [7, 11) is -3.63. The van der Waals surface area contributed by atoms with Crippen LogP contribution in [0.3, 0.4) is 0 Å². The average molecular weight is 367 g/mol. The summed E-state index contributed by atoms with van der Waals surface area (Å²) >= 11 is 3.41. The molecule has 0 heterocycles. The van der Waals surface area contributed by atoms with E-state index in [1.54, 1.807) is 24.3 Å². The van der Waals surface area contributed by atoms with Crippen LogP contribution in [0.15, 0.2) is 56.9 Å². The van der Waals surface area contributed by atoms with Gasteiger partial charge in [0, 0.05) is 10.0 Å². The van der Waals surface area contributed by atoms with E-state index in [-0.39, 0.29) is 4.90 Å². The van der Waals surface area contributed by atoms with Gasteiger partial charge in [0.05, 0.1) is 11.1 Å². The minimum absolute atomic E-state index is 0.188. The van der Waals surface area contributed by atoms with Crippen molar-refractivity contribution in [1.82, 2.24) is 4.83 Å². The van der Waals surface area contributed by atoms with Crippen LogP contribution >= 0.6 is 15.9 Å². The second-order valence-electron chi connectivity index (χ2n) is 4.69. The van der Waals surface area contributed by atoms with Crippen LogP contribution < -0.4 is 4.83 Å². The molecule has 0 bridgehead atoms. The van der Waals surface area contributed by atoms with Gasteiger partial charge < -0.3 is 0 Å². The zero-order valence-electron chi connectivity index (χ0n) is 11.7. The van der Waals surface area contributed by atoms with Crippen molar-refractivity contribution in [2.45, 2.75) is 18.7 Å². The summed E-state index contributed by atoms with van der Waals surface area (Å²) in [6.45, 7) is 3.88. The maximum absolute atomic E-state index is 12.0. The highest BCUT2D eigenvalue weighted by Gasteiger charge is 2.11. The van der Waals surface area contributed by atoms with Crippen LogP contribution in [0.4, 0.5) is 0 Å². The highest BCUT2D eigenvalue weighted by molar-refractivity contribution is 9.10. The Balaban J connectivity index is 2.14. The highest BCUT2D eigenvalue weighted by Crippen LogP contribution is 2.16. The molecule has 0 radical (unpaired) electrons. The van der Waals surface area contributed by atoms with E-state index in [0.717, 1.165) is 21.2 Å². The maximum atomic E-state index is 12.0. The van der Waals surface area contributed by atoms with Crippen LogP contribution in [0, 0.1) is 13.8 Å². The molecular weight excluding hydrogens is 352 g/mol. The molecule has 0 unspecified atom stereocenters. The van der Waals surface area contributed by atoms with Gasteiger partial charge in [-0.05, 0) is 37.6 Å². The molecule has 2 aromatic rings. The first-order valence-corrected chi connectivity index (χ1v) is 8.54. The summed E-state index contributed by atoms with van der Waals surface area (Å²) in [5.74, 6) is 0. The van der Waals surface area contributed by atoms with E-state index in [0.29, 0.717) is 0 Å². The van der Waals surface area contributed by atoms with Crippen LogP contribution in [0.25, 0.3) is 0 Å². The predicted molar refractivity (Wildman–Crippen MR) is 88.0 cm³/mol. The normalized spacial score (nSPS) is 11.8. The third-order valence-corrected chi connectivity index (χ3v) is 4.79. The maximum Gasteiger partial charge on any atom is 0.276 e. The number of hydrogen-bond donors (Lipinski definition) is 1. The molecule has 110 valence electrons. The Kier molecular flexibility index (Phi) is 4.80. The molecule has 0 aliphatic heterocycles. The largest absolute Gasteiger partial charge is 0.276 e. The fourth-order valence-electron chi connectivity index (χ4n) is 1.67. The van der Waals surface area contributed by atoms with E-state index in [4.69, 9.17) is 0 Å². The van der Waals surface area contributed by atoms with Crippen molar-refractivity contribution < 1.29 is 8.42 Å². The number of hydrogen-bond acceptors (Lipinski definition) is 3. The molecule has 0 aromatic heterocycles. The Labute approximate surface area is 133 Å². The number of nitrogens with zero attached hydrogens (tertiary/aromatic N) is 1. The van der Waals surface area contributed by atoms with Crippen LogP contribution in [0.1, 0.15) is 16.7 Å². The first kappa shape index (κ1) is 15.7. The summed E-state index contributed by atoms with van der Waals surface area (Å²) < 4.78 is 24.9. The van der Waals surface area contributed by atoms with Crippen molar-refractivity contribution in [2.75, 3.05) is 0 Å². The van der Waals surface area contributed by atoms with Crippen molar-refractivity contribution in [3.05, 3.63) is 63.6 Å². The number of halogens is 1. The Morgan fingerprint density at radius 3 is 2.29 bits per heavy atom. The number of rotatable bonds is 4. The molecule has 0 spiro atoms. The van der Waals surface area contributed by atoms with Gasteiger partial charge in [-0.15, -0.1) is 0 Å². The second kappa shape index (κ2) is 6.41. The predicted octanol–water partition coefficient (Wildman–Crippen LogP) is 3.38. The van der Waals surface area contributed by atoms with Gasteiger partial charge in [0.25, 0.3) is 10.0 Å². The van der Waals surface area contributed by atoms with E-state index in [9.17, 15) is 8.42 Å². The number of benzene rings is 2. The van der Waals surface area contributed by atoms with E-state index in [1.807, 2.05) is 32.0 Å². The summed E-state index contributed by atoms with van der Waals surface area (Å²) in [5, 5.41) is 3.81. The Hall–Kier alpha value is -1.66. The SMILES string of the molecule is Cc1ccc(S(=O)(=O)NN=Cc2ccc(C)cc2Br)cc1. The molecule has 2 aromatic carbocycles. The summed E-state index contributed by atoms with van der Waals surface area (Å²) in [6.07, 6.45) is 1.47. The molecule has 0 saturated carbocycles. The van der Waals surface area contributed by atoms with Gasteiger partial charge in [-0.1, -0.05) is 45.8 Å². The van der Waals surface area contributed by atoms with Gasteiger partial charge in [0.15, 0.2) is 0 Å². The minimum Gasteiger partial charge on any atom is -0.200 e. The minimum atomic E-state index is -3.63. The summed E-state index contributed by atoms with van der Waals surface area (Å²) in [4.78, 5) is 2.39. The number of hydrazone groups is 1. The standard InChI is InChI=1S/C15H15BrN2O2S/c1-11-4-7-14(8-5-11)21(19,20)18-17-10-13-6-3-12(2)9-15(13)16/h3-10,18H,1-2H3. The Morgan fingerprint density at radius 2 is 1.67 bits per heavy atom. The summed E-state index contributed by atoms with van der Waals surface area (Å²) in [6, 6.07) is 12.3. The van der Waals surface area contributed by atoms with Gasteiger partial charge in [-0.25, -0.2) is 4.83 Å². The molecule has 0 aliphatic carbocycles. The topological polar surface area (TPSA) is 58.5 Å². The van der Waals surface area contributed by atoms with E-state index in [2.05, 4.69) is 25.9 Å². The molecule has 0 saturated heterocycles.